The molecular weight excluding hydrogens is 494 g/mol. The molecule has 0 radical (unpaired) electrons. The number of methoxy groups -OCH3 is 1. The van der Waals surface area contributed by atoms with Gasteiger partial charge >= 0.3 is 5.97 Å². The molecule has 0 bridgehead atoms. The Hall–Kier alpha value is -3.40. The third-order valence-corrected chi connectivity index (χ3v) is 4.91. The van der Waals surface area contributed by atoms with Crippen molar-refractivity contribution in [3.63, 3.8) is 0 Å². The quantitative estimate of drug-likeness (QED) is 0.268. The summed E-state index contributed by atoms with van der Waals surface area (Å²) in [6.07, 6.45) is 1.59. The summed E-state index contributed by atoms with van der Waals surface area (Å²) in [5.74, 6) is -0.0204. The van der Waals surface area contributed by atoms with Crippen LogP contribution in [0, 0.1) is 0 Å². The minimum atomic E-state index is -0.765. The predicted octanol–water partition coefficient (Wildman–Crippen LogP) is 2.60. The van der Waals surface area contributed by atoms with E-state index in [1.54, 1.807) is 63.4 Å². The molecule has 0 saturated heterocycles. The number of carbonyl (C=O) groups is 3. The smallest absolute Gasteiger partial charge is 0.344 e. The third kappa shape index (κ3) is 8.93. The van der Waals surface area contributed by atoms with Crippen LogP contribution in [0.25, 0.3) is 0 Å². The minimum absolute atomic E-state index is 0.142. The number of benzene rings is 2. The lowest BCUT2D eigenvalue weighted by Gasteiger charge is -2.12. The summed E-state index contributed by atoms with van der Waals surface area (Å²) in [6, 6.07) is 11.4. The standard InChI is InChI=1S/C23H26BrN3O6/c1-4-32-22(29)14-33-20-10-7-17(11-19(20)24)13-25-27-23(30)15(2)26-21(28)12-16-5-8-18(31-3)9-6-16/h5-11,13,15H,4,12,14H2,1-3H3,(H,26,28)(H,27,30). The van der Waals surface area contributed by atoms with Gasteiger partial charge in [-0.3, -0.25) is 9.59 Å². The Morgan fingerprint density at radius 3 is 2.52 bits per heavy atom. The molecule has 0 aliphatic carbocycles. The fourth-order valence-electron chi connectivity index (χ4n) is 2.61. The summed E-state index contributed by atoms with van der Waals surface area (Å²) in [4.78, 5) is 35.8. The van der Waals surface area contributed by atoms with E-state index in [0.717, 1.165) is 5.56 Å². The van der Waals surface area contributed by atoms with Gasteiger partial charge in [-0.15, -0.1) is 0 Å². The number of amides is 2. The van der Waals surface area contributed by atoms with Crippen molar-refractivity contribution in [2.45, 2.75) is 26.3 Å². The number of rotatable bonds is 11. The van der Waals surface area contributed by atoms with E-state index >= 15 is 0 Å². The van der Waals surface area contributed by atoms with Gasteiger partial charge < -0.3 is 19.5 Å². The number of carbonyl (C=O) groups excluding carboxylic acids is 3. The van der Waals surface area contributed by atoms with Crippen molar-refractivity contribution in [2.75, 3.05) is 20.3 Å². The van der Waals surface area contributed by atoms with Crippen LogP contribution in [0.3, 0.4) is 0 Å². The molecule has 2 N–H and O–H groups in total. The van der Waals surface area contributed by atoms with Gasteiger partial charge in [-0.2, -0.15) is 5.10 Å². The van der Waals surface area contributed by atoms with Crippen molar-refractivity contribution in [3.8, 4) is 11.5 Å². The van der Waals surface area contributed by atoms with Crippen LogP contribution in [0.15, 0.2) is 52.0 Å². The molecule has 0 spiro atoms. The molecule has 2 rings (SSSR count). The zero-order valence-corrected chi connectivity index (χ0v) is 20.2. The number of hydrogen-bond donors (Lipinski definition) is 2. The Bertz CT molecular complexity index is 994. The van der Waals surface area contributed by atoms with E-state index < -0.39 is 17.9 Å². The van der Waals surface area contributed by atoms with Gasteiger partial charge in [0.2, 0.25) is 5.91 Å². The highest BCUT2D eigenvalue weighted by Crippen LogP contribution is 2.25. The first kappa shape index (κ1) is 25.9. The number of halogens is 1. The number of hydrazone groups is 1. The highest BCUT2D eigenvalue weighted by Gasteiger charge is 2.15. The van der Waals surface area contributed by atoms with Crippen molar-refractivity contribution in [3.05, 3.63) is 58.1 Å². The Labute approximate surface area is 200 Å². The van der Waals surface area contributed by atoms with Gasteiger partial charge in [0, 0.05) is 0 Å². The lowest BCUT2D eigenvalue weighted by molar-refractivity contribution is -0.145. The first-order valence-electron chi connectivity index (χ1n) is 10.2. The summed E-state index contributed by atoms with van der Waals surface area (Å²) >= 11 is 3.36. The first-order valence-corrected chi connectivity index (χ1v) is 10.9. The molecule has 0 aromatic heterocycles. The zero-order chi connectivity index (χ0) is 24.2. The number of ether oxygens (including phenoxy) is 3. The molecule has 33 heavy (non-hydrogen) atoms. The van der Waals surface area contributed by atoms with E-state index in [0.29, 0.717) is 21.5 Å². The van der Waals surface area contributed by atoms with E-state index in [2.05, 4.69) is 31.8 Å². The highest BCUT2D eigenvalue weighted by molar-refractivity contribution is 9.10. The Kier molecular flexibility index (Phi) is 10.4. The lowest BCUT2D eigenvalue weighted by Crippen LogP contribution is -2.43. The molecule has 0 fully saturated rings. The normalized spacial score (nSPS) is 11.5. The molecule has 1 atom stereocenters. The molecule has 0 heterocycles. The van der Waals surface area contributed by atoms with Crippen molar-refractivity contribution >= 4 is 39.9 Å². The maximum absolute atomic E-state index is 12.2. The monoisotopic (exact) mass is 519 g/mol. The molecule has 10 heteroatoms. The van der Waals surface area contributed by atoms with E-state index in [1.165, 1.54) is 6.21 Å². The van der Waals surface area contributed by atoms with Crippen LogP contribution in [0.1, 0.15) is 25.0 Å². The molecule has 0 aliphatic rings. The summed E-state index contributed by atoms with van der Waals surface area (Å²) in [7, 11) is 1.57. The maximum Gasteiger partial charge on any atom is 0.344 e. The van der Waals surface area contributed by atoms with Gasteiger partial charge in [-0.1, -0.05) is 12.1 Å². The van der Waals surface area contributed by atoms with Crippen molar-refractivity contribution in [1.82, 2.24) is 10.7 Å². The van der Waals surface area contributed by atoms with Gasteiger partial charge in [0.15, 0.2) is 6.61 Å². The van der Waals surface area contributed by atoms with Gasteiger partial charge in [0.1, 0.15) is 17.5 Å². The second-order valence-corrected chi connectivity index (χ2v) is 7.69. The van der Waals surface area contributed by atoms with Crippen LogP contribution in [-0.2, 0) is 25.5 Å². The summed E-state index contributed by atoms with van der Waals surface area (Å²) in [5, 5.41) is 6.55. The number of nitrogens with zero attached hydrogens (tertiary/aromatic N) is 1. The molecule has 0 saturated carbocycles. The third-order valence-electron chi connectivity index (χ3n) is 4.29. The van der Waals surface area contributed by atoms with Crippen LogP contribution in [0.4, 0.5) is 0 Å². The molecule has 9 nitrogen and oxygen atoms in total. The van der Waals surface area contributed by atoms with Gasteiger partial charge in [0.05, 0.1) is 30.8 Å². The highest BCUT2D eigenvalue weighted by atomic mass is 79.9. The average molecular weight is 520 g/mol. The second kappa shape index (κ2) is 13.2. The van der Waals surface area contributed by atoms with Crippen molar-refractivity contribution < 1.29 is 28.6 Å². The van der Waals surface area contributed by atoms with Crippen LogP contribution < -0.4 is 20.2 Å². The summed E-state index contributed by atoms with van der Waals surface area (Å²) in [5.41, 5.74) is 3.88. The van der Waals surface area contributed by atoms with Crippen LogP contribution in [-0.4, -0.2) is 50.4 Å². The van der Waals surface area contributed by atoms with E-state index in [-0.39, 0.29) is 25.5 Å². The first-order chi connectivity index (χ1) is 15.8. The van der Waals surface area contributed by atoms with E-state index in [4.69, 9.17) is 14.2 Å². The summed E-state index contributed by atoms with van der Waals surface area (Å²) in [6.45, 7) is 3.38. The molecule has 2 aromatic rings. The van der Waals surface area contributed by atoms with E-state index in [9.17, 15) is 14.4 Å². The van der Waals surface area contributed by atoms with Gasteiger partial charge in [-0.05, 0) is 71.2 Å². The predicted molar refractivity (Wildman–Crippen MR) is 126 cm³/mol. The number of esters is 1. The fourth-order valence-corrected chi connectivity index (χ4v) is 3.12. The van der Waals surface area contributed by atoms with Crippen LogP contribution >= 0.6 is 15.9 Å². The number of hydrogen-bond acceptors (Lipinski definition) is 7. The molecular formula is C23H26BrN3O6. The molecule has 176 valence electrons. The van der Waals surface area contributed by atoms with Crippen LogP contribution in [0.5, 0.6) is 11.5 Å². The van der Waals surface area contributed by atoms with Crippen LogP contribution in [0.2, 0.25) is 0 Å². The number of nitrogens with one attached hydrogen (secondary N) is 2. The maximum atomic E-state index is 12.2. The second-order valence-electron chi connectivity index (χ2n) is 6.83. The van der Waals surface area contributed by atoms with E-state index in [1.807, 2.05) is 0 Å². The molecule has 1 unspecified atom stereocenters. The Morgan fingerprint density at radius 2 is 1.88 bits per heavy atom. The lowest BCUT2D eigenvalue weighted by atomic mass is 10.1. The fraction of sp³-hybridized carbons (Fsp3) is 0.304. The largest absolute Gasteiger partial charge is 0.497 e. The molecule has 2 aromatic carbocycles. The average Bonchev–Trinajstić information content (AvgIpc) is 2.79. The topological polar surface area (TPSA) is 115 Å². The Balaban J connectivity index is 1.81. The SMILES string of the molecule is CCOC(=O)COc1ccc(C=NNC(=O)C(C)NC(=O)Cc2ccc(OC)cc2)cc1Br. The van der Waals surface area contributed by atoms with Crippen molar-refractivity contribution in [2.24, 2.45) is 5.10 Å². The zero-order valence-electron chi connectivity index (χ0n) is 18.6. The minimum Gasteiger partial charge on any atom is -0.497 e. The van der Waals surface area contributed by atoms with Gasteiger partial charge in [0.25, 0.3) is 5.91 Å². The van der Waals surface area contributed by atoms with Gasteiger partial charge in [-0.25, -0.2) is 10.2 Å². The molecule has 0 aliphatic heterocycles. The Morgan fingerprint density at radius 1 is 1.15 bits per heavy atom. The molecule has 2 amide bonds. The van der Waals surface area contributed by atoms with Crippen molar-refractivity contribution in [1.29, 1.82) is 0 Å². The summed E-state index contributed by atoms with van der Waals surface area (Å²) < 4.78 is 15.9.